The van der Waals surface area contributed by atoms with Crippen molar-refractivity contribution in [1.29, 1.82) is 0 Å². The van der Waals surface area contributed by atoms with Gasteiger partial charge in [-0.1, -0.05) is 32.0 Å². The molecule has 8 heteroatoms. The zero-order chi connectivity index (χ0) is 25.8. The number of carbonyl (C=O) groups is 2. The van der Waals surface area contributed by atoms with Gasteiger partial charge in [0.05, 0.1) is 18.8 Å². The Kier molecular flexibility index (Phi) is 8.51. The maximum Gasteiger partial charge on any atom is 0.341 e. The van der Waals surface area contributed by atoms with E-state index < -0.39 is 30.3 Å². The number of halogens is 1. The number of aliphatic hydroxyl groups excluding tert-OH is 1. The number of carbonyl (C=O) groups excluding carboxylic acids is 1. The number of nitrogens with one attached hydrogen (secondary N) is 1. The fourth-order valence-electron chi connectivity index (χ4n) is 4.64. The third-order valence-electron chi connectivity index (χ3n) is 6.33. The molecule has 190 valence electrons. The van der Waals surface area contributed by atoms with Crippen LogP contribution in [0.3, 0.4) is 0 Å². The Labute approximate surface area is 205 Å². The predicted octanol–water partition coefficient (Wildman–Crippen LogP) is 4.57. The van der Waals surface area contributed by atoms with Crippen LogP contribution in [0, 0.1) is 12.7 Å². The molecule has 0 saturated carbocycles. The summed E-state index contributed by atoms with van der Waals surface area (Å²) in [6.45, 7) is 7.19. The van der Waals surface area contributed by atoms with Gasteiger partial charge >= 0.3 is 5.97 Å². The minimum atomic E-state index is -1.08. The van der Waals surface area contributed by atoms with E-state index in [1.54, 1.807) is 12.1 Å². The van der Waals surface area contributed by atoms with Crippen molar-refractivity contribution >= 4 is 11.9 Å². The summed E-state index contributed by atoms with van der Waals surface area (Å²) in [5, 5.41) is 21.5. The number of aliphatic hydroxyl groups is 1. The first-order valence-corrected chi connectivity index (χ1v) is 11.8. The number of rotatable bonds is 9. The molecule has 0 unspecified atom stereocenters. The molecule has 2 aromatic rings. The number of carboxylic acid groups (broad SMARTS) is 1. The van der Waals surface area contributed by atoms with Crippen molar-refractivity contribution in [2.75, 3.05) is 13.2 Å². The Morgan fingerprint density at radius 1 is 1.20 bits per heavy atom. The molecule has 1 fully saturated rings. The molecular weight excluding hydrogens is 453 g/mol. The Morgan fingerprint density at radius 3 is 2.46 bits per heavy atom. The van der Waals surface area contributed by atoms with Crippen molar-refractivity contribution in [2.45, 2.75) is 70.6 Å². The van der Waals surface area contributed by atoms with Gasteiger partial charge in [-0.2, -0.15) is 0 Å². The maximum atomic E-state index is 13.6. The van der Waals surface area contributed by atoms with E-state index in [1.165, 1.54) is 12.1 Å². The van der Waals surface area contributed by atoms with Gasteiger partial charge in [0, 0.05) is 30.4 Å². The van der Waals surface area contributed by atoms with E-state index in [0.717, 1.165) is 22.3 Å². The van der Waals surface area contributed by atoms with Crippen LogP contribution in [0.5, 0.6) is 5.75 Å². The van der Waals surface area contributed by atoms with Gasteiger partial charge in [0.1, 0.15) is 11.6 Å². The van der Waals surface area contributed by atoms with Crippen LogP contribution >= 0.6 is 0 Å². The number of benzene rings is 2. The molecule has 3 atom stereocenters. The topological polar surface area (TPSA) is 105 Å². The molecule has 1 aliphatic heterocycles. The Hall–Kier alpha value is -2.97. The molecule has 7 nitrogen and oxygen atoms in total. The van der Waals surface area contributed by atoms with Gasteiger partial charge < -0.3 is 25.0 Å². The number of hydrogen-bond acceptors (Lipinski definition) is 5. The summed E-state index contributed by atoms with van der Waals surface area (Å²) in [6, 6.07) is 9.95. The van der Waals surface area contributed by atoms with Crippen molar-refractivity contribution in [2.24, 2.45) is 0 Å². The van der Waals surface area contributed by atoms with E-state index in [-0.39, 0.29) is 30.7 Å². The second-order valence-electron chi connectivity index (χ2n) is 9.74. The standard InChI is InChI=1S/C27H34FNO6/c1-16(2)19-11-17(3)26(21(12-19)34-15-25(32)33)23-14-27(4,29-24(31)9-10-30)13-22(35-23)18-5-7-20(28)8-6-18/h5-8,11-12,16,22-23,30H,9-10,13-15H2,1-4H3,(H,29,31)(H,32,33)/t22-,23+,27-/m0/s1. The number of aliphatic carboxylic acids is 1. The van der Waals surface area contributed by atoms with Crippen LogP contribution in [0.25, 0.3) is 0 Å². The predicted molar refractivity (Wildman–Crippen MR) is 129 cm³/mol. The van der Waals surface area contributed by atoms with E-state index in [0.29, 0.717) is 18.6 Å². The summed E-state index contributed by atoms with van der Waals surface area (Å²) >= 11 is 0. The van der Waals surface area contributed by atoms with E-state index >= 15 is 0 Å². The lowest BCUT2D eigenvalue weighted by Crippen LogP contribution is -2.51. The van der Waals surface area contributed by atoms with Crippen molar-refractivity contribution < 1.29 is 33.7 Å². The van der Waals surface area contributed by atoms with Crippen LogP contribution in [0.2, 0.25) is 0 Å². The highest BCUT2D eigenvalue weighted by Crippen LogP contribution is 2.47. The number of aryl methyl sites for hydroxylation is 1. The van der Waals surface area contributed by atoms with Gasteiger partial charge in [-0.05, 0) is 54.7 Å². The first-order chi connectivity index (χ1) is 16.5. The molecule has 0 aromatic heterocycles. The summed E-state index contributed by atoms with van der Waals surface area (Å²) in [5.74, 6) is -1.08. The second-order valence-corrected chi connectivity index (χ2v) is 9.74. The van der Waals surface area contributed by atoms with E-state index in [2.05, 4.69) is 5.32 Å². The lowest BCUT2D eigenvalue weighted by Gasteiger charge is -2.44. The third kappa shape index (κ3) is 6.80. The number of amides is 1. The smallest absolute Gasteiger partial charge is 0.341 e. The molecule has 0 radical (unpaired) electrons. The Bertz CT molecular complexity index is 1050. The number of ether oxygens (including phenoxy) is 2. The van der Waals surface area contributed by atoms with Gasteiger partial charge in [-0.25, -0.2) is 9.18 Å². The van der Waals surface area contributed by atoms with Crippen LogP contribution in [0.1, 0.15) is 80.4 Å². The molecule has 3 N–H and O–H groups in total. The van der Waals surface area contributed by atoms with E-state index in [4.69, 9.17) is 9.47 Å². The second kappa shape index (κ2) is 11.2. The zero-order valence-electron chi connectivity index (χ0n) is 20.6. The SMILES string of the molecule is Cc1cc(C(C)C)cc(OCC(=O)O)c1[C@H]1C[C@@](C)(NC(=O)CCO)C[C@@H](c2ccc(F)cc2)O1. The molecule has 0 spiro atoms. The molecule has 0 bridgehead atoms. The highest BCUT2D eigenvalue weighted by molar-refractivity contribution is 5.76. The highest BCUT2D eigenvalue weighted by atomic mass is 19.1. The van der Waals surface area contributed by atoms with Crippen LogP contribution in [0.4, 0.5) is 4.39 Å². The van der Waals surface area contributed by atoms with Crippen molar-refractivity contribution in [1.82, 2.24) is 5.32 Å². The fourth-order valence-corrected chi connectivity index (χ4v) is 4.64. The first kappa shape index (κ1) is 26.6. The molecule has 0 aliphatic carbocycles. The largest absolute Gasteiger partial charge is 0.482 e. The minimum Gasteiger partial charge on any atom is -0.482 e. The van der Waals surface area contributed by atoms with Crippen LogP contribution in [-0.2, 0) is 14.3 Å². The maximum absolute atomic E-state index is 13.6. The lowest BCUT2D eigenvalue weighted by molar-refractivity contribution is -0.139. The average molecular weight is 488 g/mol. The summed E-state index contributed by atoms with van der Waals surface area (Å²) in [6.07, 6.45) is -0.140. The monoisotopic (exact) mass is 487 g/mol. The number of carboxylic acids is 1. The van der Waals surface area contributed by atoms with E-state index in [9.17, 15) is 24.2 Å². The molecule has 1 saturated heterocycles. The van der Waals surface area contributed by atoms with Crippen molar-refractivity contribution in [3.8, 4) is 5.75 Å². The quantitative estimate of drug-likeness (QED) is 0.479. The van der Waals surface area contributed by atoms with Gasteiger partial charge in [0.25, 0.3) is 0 Å². The van der Waals surface area contributed by atoms with Crippen LogP contribution < -0.4 is 10.1 Å². The minimum absolute atomic E-state index is 0.0165. The summed E-state index contributed by atoms with van der Waals surface area (Å²) in [4.78, 5) is 23.7. The molecular formula is C27H34FNO6. The zero-order valence-corrected chi connectivity index (χ0v) is 20.6. The highest BCUT2D eigenvalue weighted by Gasteiger charge is 2.41. The van der Waals surface area contributed by atoms with Gasteiger partial charge in [0.15, 0.2) is 6.61 Å². The first-order valence-electron chi connectivity index (χ1n) is 11.8. The summed E-state index contributed by atoms with van der Waals surface area (Å²) < 4.78 is 25.8. The van der Waals surface area contributed by atoms with Crippen molar-refractivity contribution in [3.05, 3.63) is 64.5 Å². The van der Waals surface area contributed by atoms with Crippen molar-refractivity contribution in [3.63, 3.8) is 0 Å². The van der Waals surface area contributed by atoms with E-state index in [1.807, 2.05) is 39.8 Å². The Balaban J connectivity index is 2.05. The van der Waals surface area contributed by atoms with Gasteiger partial charge in [-0.15, -0.1) is 0 Å². The number of hydrogen-bond donors (Lipinski definition) is 3. The van der Waals surface area contributed by atoms with Gasteiger partial charge in [0.2, 0.25) is 5.91 Å². The molecule has 35 heavy (non-hydrogen) atoms. The summed E-state index contributed by atoms with van der Waals surface area (Å²) in [5.41, 5.74) is 2.71. The third-order valence-corrected chi connectivity index (χ3v) is 6.33. The molecule has 1 aliphatic rings. The fraction of sp³-hybridized carbons (Fsp3) is 0.481. The van der Waals surface area contributed by atoms with Crippen LogP contribution in [-0.4, -0.2) is 40.8 Å². The normalized spacial score (nSPS) is 22.1. The molecule has 3 rings (SSSR count). The molecule has 1 amide bonds. The van der Waals surface area contributed by atoms with Gasteiger partial charge in [-0.3, -0.25) is 4.79 Å². The molecule has 2 aromatic carbocycles. The Morgan fingerprint density at radius 2 is 1.86 bits per heavy atom. The molecule has 1 heterocycles. The van der Waals surface area contributed by atoms with Crippen LogP contribution in [0.15, 0.2) is 36.4 Å². The average Bonchev–Trinajstić information content (AvgIpc) is 2.77. The summed E-state index contributed by atoms with van der Waals surface area (Å²) in [7, 11) is 0. The lowest BCUT2D eigenvalue weighted by atomic mass is 9.80.